The fourth-order valence-electron chi connectivity index (χ4n) is 8.56. The molecular formula is C49H40S. The molecule has 0 spiro atoms. The summed E-state index contributed by atoms with van der Waals surface area (Å²) in [5, 5.41) is 10.7. The maximum absolute atomic E-state index is 2.48. The van der Waals surface area contributed by atoms with Crippen molar-refractivity contribution in [1.29, 1.82) is 0 Å². The second-order valence-corrected chi connectivity index (χ2v) is 15.5. The van der Waals surface area contributed by atoms with Gasteiger partial charge in [-0.15, -0.1) is 11.3 Å². The number of rotatable bonds is 3. The maximum atomic E-state index is 2.48. The molecule has 50 heavy (non-hydrogen) atoms. The Hall–Kier alpha value is -5.24. The summed E-state index contributed by atoms with van der Waals surface area (Å²) >= 11 is 1.90. The maximum Gasteiger partial charge on any atom is 0.0361 e. The zero-order valence-electron chi connectivity index (χ0n) is 29.0. The first-order valence-corrected chi connectivity index (χ1v) is 18.7. The van der Waals surface area contributed by atoms with E-state index in [1.165, 1.54) is 91.5 Å². The molecule has 0 radical (unpaired) electrons. The van der Waals surface area contributed by atoms with Crippen molar-refractivity contribution in [2.45, 2.75) is 45.4 Å². The van der Waals surface area contributed by atoms with Gasteiger partial charge in [-0.1, -0.05) is 153 Å². The third-order valence-electron chi connectivity index (χ3n) is 11.0. The minimum absolute atomic E-state index is 0.0718. The first-order chi connectivity index (χ1) is 24.5. The van der Waals surface area contributed by atoms with E-state index in [1.54, 1.807) is 0 Å². The SMILES string of the molecule is C/C(=C\C=C1/Cc2ccc3cc4sc5ccccc5c4cc3c2C1(C)C)c1c2ccccc2c(/C2=C/C=C\C/C=C\C=C/C2)c2ccccc12. The lowest BCUT2D eigenvalue weighted by Crippen LogP contribution is -2.15. The van der Waals surface area contributed by atoms with E-state index < -0.39 is 0 Å². The zero-order valence-corrected chi connectivity index (χ0v) is 29.8. The van der Waals surface area contributed by atoms with E-state index in [0.29, 0.717) is 0 Å². The molecule has 0 N–H and O–H groups in total. The van der Waals surface area contributed by atoms with E-state index in [-0.39, 0.29) is 5.41 Å². The molecule has 0 bridgehead atoms. The van der Waals surface area contributed by atoms with Crippen LogP contribution in [0.25, 0.3) is 63.6 Å². The van der Waals surface area contributed by atoms with Gasteiger partial charge in [-0.25, -0.2) is 0 Å². The molecule has 1 aromatic heterocycles. The van der Waals surface area contributed by atoms with E-state index in [0.717, 1.165) is 19.3 Å². The molecule has 0 nitrogen and oxygen atoms in total. The van der Waals surface area contributed by atoms with Crippen LogP contribution in [0.2, 0.25) is 0 Å². The van der Waals surface area contributed by atoms with Crippen LogP contribution in [0.4, 0.5) is 0 Å². The van der Waals surface area contributed by atoms with Crippen molar-refractivity contribution in [3.63, 3.8) is 0 Å². The molecule has 2 aliphatic carbocycles. The summed E-state index contributed by atoms with van der Waals surface area (Å²) in [6.45, 7) is 7.15. The highest BCUT2D eigenvalue weighted by Crippen LogP contribution is 2.48. The van der Waals surface area contributed by atoms with Gasteiger partial charge in [-0.3, -0.25) is 0 Å². The molecule has 2 aliphatic rings. The van der Waals surface area contributed by atoms with Gasteiger partial charge in [0.2, 0.25) is 0 Å². The average Bonchev–Trinajstić information content (AvgIpc) is 3.63. The van der Waals surface area contributed by atoms with Crippen molar-refractivity contribution in [3.05, 3.63) is 180 Å². The Kier molecular flexibility index (Phi) is 7.55. The van der Waals surface area contributed by atoms with Gasteiger partial charge < -0.3 is 0 Å². The number of fused-ring (bicyclic) bond motifs is 8. The van der Waals surface area contributed by atoms with Gasteiger partial charge in [0.25, 0.3) is 0 Å². The van der Waals surface area contributed by atoms with Crippen LogP contribution in [0, 0.1) is 0 Å². The molecule has 7 aromatic rings. The van der Waals surface area contributed by atoms with Crippen LogP contribution in [0.1, 0.15) is 55.9 Å². The Morgan fingerprint density at radius 3 is 2.12 bits per heavy atom. The van der Waals surface area contributed by atoms with Crippen molar-refractivity contribution in [2.75, 3.05) is 0 Å². The zero-order chi connectivity index (χ0) is 33.8. The van der Waals surface area contributed by atoms with E-state index in [4.69, 9.17) is 0 Å². The third kappa shape index (κ3) is 5.03. The highest BCUT2D eigenvalue weighted by atomic mass is 32.1. The van der Waals surface area contributed by atoms with Crippen LogP contribution in [0.5, 0.6) is 0 Å². The highest BCUT2D eigenvalue weighted by molar-refractivity contribution is 7.25. The van der Waals surface area contributed by atoms with Crippen molar-refractivity contribution >= 4 is 75.0 Å². The lowest BCUT2D eigenvalue weighted by atomic mass is 9.80. The number of allylic oxidation sites excluding steroid dienone is 12. The summed E-state index contributed by atoms with van der Waals surface area (Å²) in [5.41, 5.74) is 9.66. The van der Waals surface area contributed by atoms with Crippen LogP contribution < -0.4 is 0 Å². The Morgan fingerprint density at radius 2 is 1.34 bits per heavy atom. The molecule has 0 saturated heterocycles. The second-order valence-electron chi connectivity index (χ2n) is 14.4. The van der Waals surface area contributed by atoms with E-state index in [2.05, 4.69) is 173 Å². The molecule has 1 heteroatoms. The van der Waals surface area contributed by atoms with Crippen LogP contribution in [0.15, 0.2) is 157 Å². The number of hydrogen-bond acceptors (Lipinski definition) is 1. The van der Waals surface area contributed by atoms with Gasteiger partial charge in [-0.05, 0) is 110 Å². The Balaban J connectivity index is 1.17. The number of thiophene rings is 1. The van der Waals surface area contributed by atoms with Crippen molar-refractivity contribution in [2.24, 2.45) is 0 Å². The smallest absolute Gasteiger partial charge is 0.0361 e. The lowest BCUT2D eigenvalue weighted by Gasteiger charge is -2.24. The van der Waals surface area contributed by atoms with Crippen molar-refractivity contribution < 1.29 is 0 Å². The second kappa shape index (κ2) is 12.3. The minimum Gasteiger partial charge on any atom is -0.135 e. The van der Waals surface area contributed by atoms with Gasteiger partial charge >= 0.3 is 0 Å². The summed E-state index contributed by atoms with van der Waals surface area (Å²) in [7, 11) is 0. The molecule has 0 amide bonds. The summed E-state index contributed by atoms with van der Waals surface area (Å²) in [5.74, 6) is 0. The molecule has 0 fully saturated rings. The van der Waals surface area contributed by atoms with Gasteiger partial charge in [-0.2, -0.15) is 0 Å². The Labute approximate surface area is 298 Å². The molecule has 242 valence electrons. The van der Waals surface area contributed by atoms with Crippen molar-refractivity contribution in [1.82, 2.24) is 0 Å². The minimum atomic E-state index is -0.0718. The van der Waals surface area contributed by atoms with Crippen LogP contribution in [0.3, 0.4) is 0 Å². The molecular weight excluding hydrogens is 621 g/mol. The van der Waals surface area contributed by atoms with Crippen LogP contribution in [-0.4, -0.2) is 0 Å². The van der Waals surface area contributed by atoms with Crippen LogP contribution >= 0.6 is 11.3 Å². The van der Waals surface area contributed by atoms with Crippen molar-refractivity contribution in [3.8, 4) is 0 Å². The fourth-order valence-corrected chi connectivity index (χ4v) is 9.70. The normalized spacial score (nSPS) is 20.0. The van der Waals surface area contributed by atoms with Gasteiger partial charge in [0.1, 0.15) is 0 Å². The largest absolute Gasteiger partial charge is 0.135 e. The molecule has 0 unspecified atom stereocenters. The molecule has 1 heterocycles. The fraction of sp³-hybridized carbons (Fsp3) is 0.143. The van der Waals surface area contributed by atoms with E-state index in [1.807, 2.05) is 11.3 Å². The molecule has 9 rings (SSSR count). The topological polar surface area (TPSA) is 0 Å². The summed E-state index contributed by atoms with van der Waals surface area (Å²) < 4.78 is 2.73. The number of hydrogen-bond donors (Lipinski definition) is 0. The van der Waals surface area contributed by atoms with E-state index in [9.17, 15) is 0 Å². The Morgan fingerprint density at radius 1 is 0.660 bits per heavy atom. The molecule has 0 aliphatic heterocycles. The average molecular weight is 661 g/mol. The summed E-state index contributed by atoms with van der Waals surface area (Å²) in [4.78, 5) is 0. The van der Waals surface area contributed by atoms with Gasteiger partial charge in [0.15, 0.2) is 0 Å². The quantitative estimate of drug-likeness (QED) is 0.165. The highest BCUT2D eigenvalue weighted by Gasteiger charge is 2.36. The number of benzene rings is 6. The standard InChI is InChI=1S/C49H40S/c1-32(46-38-20-11-13-22-40(38)47(41-23-14-12-21-39(41)46)33-17-9-7-5-4-6-8-10-18-33)25-28-36-29-35-27-26-34-30-45-43(31-42(34)48(35)49(36,2)3)37-19-15-16-24-44(37)50-45/h4-5,7-16,18-28,30-31H,6,17,29H2,1-3H3/b5-4-,9-7-,10-8-,32-25+,33-18+,36-28+. The lowest BCUT2D eigenvalue weighted by molar-refractivity contribution is 0.649. The summed E-state index contributed by atoms with van der Waals surface area (Å²) in [6, 6.07) is 36.5. The monoisotopic (exact) mass is 660 g/mol. The Bertz CT molecular complexity index is 2640. The van der Waals surface area contributed by atoms with Crippen LogP contribution in [-0.2, 0) is 11.8 Å². The molecule has 0 atom stereocenters. The van der Waals surface area contributed by atoms with Gasteiger partial charge in [0.05, 0.1) is 0 Å². The first kappa shape index (κ1) is 30.8. The first-order valence-electron chi connectivity index (χ1n) is 17.9. The van der Waals surface area contributed by atoms with Gasteiger partial charge in [0, 0.05) is 25.6 Å². The predicted molar refractivity (Wildman–Crippen MR) is 221 cm³/mol. The van der Waals surface area contributed by atoms with E-state index >= 15 is 0 Å². The predicted octanol–water partition coefficient (Wildman–Crippen LogP) is 14.2. The molecule has 0 saturated carbocycles. The molecule has 6 aromatic carbocycles. The third-order valence-corrected chi connectivity index (χ3v) is 12.2. The summed E-state index contributed by atoms with van der Waals surface area (Å²) in [6.07, 6.45) is 23.3.